The molecule has 18 heteroatoms. The average molecular weight is 925 g/mol. The van der Waals surface area contributed by atoms with Gasteiger partial charge >= 0.3 is 12.2 Å². The zero-order valence-corrected chi connectivity index (χ0v) is 33.1. The van der Waals surface area contributed by atoms with E-state index in [2.05, 4.69) is 9.47 Å². The van der Waals surface area contributed by atoms with E-state index < -0.39 is 93.0 Å². The van der Waals surface area contributed by atoms with Crippen molar-refractivity contribution in [3.05, 3.63) is 154 Å². The van der Waals surface area contributed by atoms with Crippen molar-refractivity contribution < 1.29 is 80.4 Å². The number of hydrogen-bond acceptors (Lipinski definition) is 4. The molecule has 0 spiro atoms. The van der Waals surface area contributed by atoms with Crippen LogP contribution in [-0.4, -0.2) is 13.2 Å². The van der Waals surface area contributed by atoms with Crippen LogP contribution in [0, 0.1) is 70.0 Å². The Balaban J connectivity index is 1.17. The standard InChI is InChI=1S/C47H30F14O4/c48-32-12-25(13-33(49)42(32)46(58,59)64-28-16-36(52)44(56)37(53)17-28)23-6-8-40-30(10-23)31-11-24(7-9-41(31)63-21-27(20-62-40)22-4-2-1-3-5-22)26-14-34(50)43(35(51)15-26)47(60,61)65-29-18-38(54)45(57)39(55)19-29/h6-19,22,27H,1-5,20-21H2. The fourth-order valence-corrected chi connectivity index (χ4v) is 8.03. The van der Waals surface area contributed by atoms with Gasteiger partial charge in [-0.1, -0.05) is 31.4 Å². The van der Waals surface area contributed by atoms with Gasteiger partial charge in [0, 0.05) is 41.3 Å². The average Bonchev–Trinajstić information content (AvgIpc) is 3.31. The van der Waals surface area contributed by atoms with E-state index >= 15 is 35.1 Å². The van der Waals surface area contributed by atoms with Crippen molar-refractivity contribution >= 4 is 0 Å². The van der Waals surface area contributed by atoms with Crippen molar-refractivity contribution in [3.8, 4) is 56.4 Å². The quantitative estimate of drug-likeness (QED) is 0.107. The third-order valence-electron chi connectivity index (χ3n) is 11.2. The summed E-state index contributed by atoms with van der Waals surface area (Å²) in [7, 11) is 0. The van der Waals surface area contributed by atoms with Crippen LogP contribution in [0.2, 0.25) is 0 Å². The summed E-state index contributed by atoms with van der Waals surface area (Å²) in [4.78, 5) is 0. The van der Waals surface area contributed by atoms with Crippen LogP contribution in [0.5, 0.6) is 23.0 Å². The van der Waals surface area contributed by atoms with Gasteiger partial charge in [0.1, 0.15) is 57.4 Å². The Hall–Kier alpha value is -6.46. The van der Waals surface area contributed by atoms with E-state index in [0.29, 0.717) is 24.3 Å². The molecule has 8 rings (SSSR count). The summed E-state index contributed by atoms with van der Waals surface area (Å²) < 4.78 is 226. The monoisotopic (exact) mass is 924 g/mol. The lowest BCUT2D eigenvalue weighted by Crippen LogP contribution is -2.29. The summed E-state index contributed by atoms with van der Waals surface area (Å²) in [5, 5.41) is 0. The summed E-state index contributed by atoms with van der Waals surface area (Å²) >= 11 is 0. The van der Waals surface area contributed by atoms with Crippen molar-refractivity contribution in [2.75, 3.05) is 13.2 Å². The molecule has 2 aliphatic rings. The van der Waals surface area contributed by atoms with Gasteiger partial charge in [-0.05, 0) is 89.5 Å². The third kappa shape index (κ3) is 9.12. The van der Waals surface area contributed by atoms with E-state index in [0.717, 1.165) is 32.1 Å². The Kier molecular flexibility index (Phi) is 12.1. The maximum atomic E-state index is 15.5. The Morgan fingerprint density at radius 1 is 0.400 bits per heavy atom. The first kappa shape index (κ1) is 45.1. The first-order valence-corrected chi connectivity index (χ1v) is 19.8. The van der Waals surface area contributed by atoms with Crippen LogP contribution >= 0.6 is 0 Å². The lowest BCUT2D eigenvalue weighted by atomic mass is 9.80. The molecule has 65 heavy (non-hydrogen) atoms. The molecule has 1 heterocycles. The van der Waals surface area contributed by atoms with E-state index in [4.69, 9.17) is 9.47 Å². The minimum Gasteiger partial charge on any atom is -0.493 e. The molecule has 0 atom stereocenters. The summed E-state index contributed by atoms with van der Waals surface area (Å²) in [5.41, 5.74) is -4.16. The molecular weight excluding hydrogens is 894 g/mol. The zero-order chi connectivity index (χ0) is 46.5. The molecule has 6 aromatic carbocycles. The molecule has 0 N–H and O–H groups in total. The van der Waals surface area contributed by atoms with Crippen molar-refractivity contribution in [2.24, 2.45) is 11.8 Å². The smallest absolute Gasteiger partial charge is 0.432 e. The Morgan fingerprint density at radius 2 is 0.754 bits per heavy atom. The van der Waals surface area contributed by atoms with Crippen LogP contribution in [0.25, 0.3) is 33.4 Å². The third-order valence-corrected chi connectivity index (χ3v) is 11.2. The van der Waals surface area contributed by atoms with Crippen molar-refractivity contribution in [1.82, 2.24) is 0 Å². The molecule has 0 aromatic heterocycles. The van der Waals surface area contributed by atoms with E-state index in [1.54, 1.807) is 0 Å². The number of halogens is 14. The highest BCUT2D eigenvalue weighted by molar-refractivity contribution is 5.84. The van der Waals surface area contributed by atoms with Gasteiger partial charge in [-0.15, -0.1) is 0 Å². The van der Waals surface area contributed by atoms with Gasteiger partial charge < -0.3 is 18.9 Å². The van der Waals surface area contributed by atoms with E-state index in [1.807, 2.05) is 0 Å². The zero-order valence-electron chi connectivity index (χ0n) is 33.1. The largest absolute Gasteiger partial charge is 0.493 e. The lowest BCUT2D eigenvalue weighted by Gasteiger charge is -2.29. The second kappa shape index (κ2) is 17.5. The number of ether oxygens (including phenoxy) is 4. The normalized spacial score (nSPS) is 14.9. The highest BCUT2D eigenvalue weighted by atomic mass is 19.3. The maximum Gasteiger partial charge on any atom is 0.432 e. The van der Waals surface area contributed by atoms with Crippen molar-refractivity contribution in [1.29, 1.82) is 0 Å². The molecule has 340 valence electrons. The Bertz CT molecular complexity index is 2530. The summed E-state index contributed by atoms with van der Waals surface area (Å²) in [6, 6.07) is 10.7. The van der Waals surface area contributed by atoms with E-state index in [9.17, 15) is 26.3 Å². The topological polar surface area (TPSA) is 36.9 Å². The van der Waals surface area contributed by atoms with Gasteiger partial charge in [-0.25, -0.2) is 43.9 Å². The summed E-state index contributed by atoms with van der Waals surface area (Å²) in [6.45, 7) is 0.302. The predicted octanol–water partition coefficient (Wildman–Crippen LogP) is 14.3. The first-order valence-electron chi connectivity index (χ1n) is 19.8. The maximum absolute atomic E-state index is 15.5. The number of alkyl halides is 4. The van der Waals surface area contributed by atoms with Gasteiger partial charge in [0.25, 0.3) is 0 Å². The molecule has 1 aliphatic carbocycles. The number of benzene rings is 6. The molecule has 1 saturated carbocycles. The van der Waals surface area contributed by atoms with Crippen LogP contribution in [0.15, 0.2) is 84.9 Å². The predicted molar refractivity (Wildman–Crippen MR) is 205 cm³/mol. The summed E-state index contributed by atoms with van der Waals surface area (Å²) in [5.74, 6) is -21.1. The fourth-order valence-electron chi connectivity index (χ4n) is 8.03. The Morgan fingerprint density at radius 3 is 1.11 bits per heavy atom. The minimum atomic E-state index is -4.87. The van der Waals surface area contributed by atoms with E-state index in [-0.39, 0.29) is 94.2 Å². The van der Waals surface area contributed by atoms with Gasteiger partial charge in [0.15, 0.2) is 34.9 Å². The van der Waals surface area contributed by atoms with Crippen LogP contribution < -0.4 is 18.9 Å². The molecule has 6 aromatic rings. The van der Waals surface area contributed by atoms with Crippen LogP contribution in [0.4, 0.5) is 61.5 Å². The van der Waals surface area contributed by atoms with Crippen LogP contribution in [-0.2, 0) is 12.2 Å². The summed E-state index contributed by atoms with van der Waals surface area (Å²) in [6.07, 6.45) is -4.90. The SMILES string of the molecule is Fc1cc(OC(F)(F)c2c(F)cc(-c3ccc4c(c3)-c3cc(-c5cc(F)c(C(F)(F)Oc6cc(F)c(F)c(F)c6)c(F)c5)ccc3OCC(C3CCCCC3)CO4)cc2F)cc(F)c1F. The fraction of sp³-hybridized carbons (Fsp3) is 0.234. The molecule has 0 amide bonds. The van der Waals surface area contributed by atoms with E-state index in [1.165, 1.54) is 36.4 Å². The first-order chi connectivity index (χ1) is 30.8. The van der Waals surface area contributed by atoms with Gasteiger partial charge in [0.2, 0.25) is 0 Å². The van der Waals surface area contributed by atoms with Crippen molar-refractivity contribution in [3.63, 3.8) is 0 Å². The molecule has 0 unspecified atom stereocenters. The van der Waals surface area contributed by atoms with Gasteiger partial charge in [-0.2, -0.15) is 17.6 Å². The van der Waals surface area contributed by atoms with Gasteiger partial charge in [-0.3, -0.25) is 0 Å². The number of rotatable bonds is 9. The van der Waals surface area contributed by atoms with Gasteiger partial charge in [0.05, 0.1) is 13.2 Å². The second-order valence-electron chi connectivity index (χ2n) is 15.5. The molecular formula is C47H30F14O4. The van der Waals surface area contributed by atoms with Crippen LogP contribution in [0.3, 0.4) is 0 Å². The minimum absolute atomic E-state index is 0.00707. The van der Waals surface area contributed by atoms with Crippen LogP contribution in [0.1, 0.15) is 43.2 Å². The van der Waals surface area contributed by atoms with Crippen molar-refractivity contribution in [2.45, 2.75) is 44.3 Å². The molecule has 0 radical (unpaired) electrons. The second-order valence-corrected chi connectivity index (χ2v) is 15.5. The Labute approximate surface area is 359 Å². The highest BCUT2D eigenvalue weighted by Crippen LogP contribution is 2.46. The molecule has 0 bridgehead atoms. The molecule has 1 aliphatic heterocycles. The lowest BCUT2D eigenvalue weighted by molar-refractivity contribution is -0.190. The number of fused-ring (bicyclic) bond motifs is 3. The number of hydrogen-bond donors (Lipinski definition) is 0. The molecule has 1 fully saturated rings. The molecule has 0 saturated heterocycles. The molecule has 4 nitrogen and oxygen atoms in total. The highest BCUT2D eigenvalue weighted by Gasteiger charge is 2.43.